The fourth-order valence-electron chi connectivity index (χ4n) is 2.44. The fourth-order valence-corrected chi connectivity index (χ4v) is 3.36. The summed E-state index contributed by atoms with van der Waals surface area (Å²) >= 11 is 1.10. The first kappa shape index (κ1) is 22.2. The highest BCUT2D eigenvalue weighted by Crippen LogP contribution is 2.27. The van der Waals surface area contributed by atoms with Gasteiger partial charge in [0.15, 0.2) is 6.10 Å². The van der Waals surface area contributed by atoms with Gasteiger partial charge in [0.1, 0.15) is 15.6 Å². The number of nitrogens with zero attached hydrogens (tertiary/aromatic N) is 2. The molecule has 162 valence electrons. The van der Waals surface area contributed by atoms with E-state index in [2.05, 4.69) is 20.0 Å². The first-order chi connectivity index (χ1) is 14.6. The molecule has 2 heterocycles. The third-order valence-electron chi connectivity index (χ3n) is 3.87. The van der Waals surface area contributed by atoms with Crippen LogP contribution in [0.3, 0.4) is 0 Å². The number of ether oxygens (including phenoxy) is 2. The van der Waals surface area contributed by atoms with Crippen LogP contribution < -0.4 is 10.1 Å². The average Bonchev–Trinajstić information content (AvgIpc) is 3.11. The Morgan fingerprint density at radius 3 is 2.45 bits per heavy atom. The van der Waals surface area contributed by atoms with Gasteiger partial charge in [-0.1, -0.05) is 6.07 Å². The van der Waals surface area contributed by atoms with Gasteiger partial charge >= 0.3 is 12.3 Å². The number of thiazole rings is 1. The van der Waals surface area contributed by atoms with Crippen molar-refractivity contribution in [1.29, 1.82) is 0 Å². The van der Waals surface area contributed by atoms with Crippen molar-refractivity contribution in [3.8, 4) is 16.5 Å². The minimum atomic E-state index is -4.81. The lowest BCUT2D eigenvalue weighted by molar-refractivity contribution is -0.274. The fraction of sp³-hybridized carbons (Fsp3) is 0.200. The lowest BCUT2D eigenvalue weighted by Gasteiger charge is -2.14. The SMILES string of the molecule is Cc1nc(-c2ccccn2)sc1C(=O)OC(C)C(=O)Nc1ccc(OC(F)(F)F)cc1. The summed E-state index contributed by atoms with van der Waals surface area (Å²) in [6.07, 6.45) is -4.35. The molecule has 7 nitrogen and oxygen atoms in total. The van der Waals surface area contributed by atoms with Crippen LogP contribution in [-0.2, 0) is 9.53 Å². The Morgan fingerprint density at radius 1 is 1.13 bits per heavy atom. The third kappa shape index (κ3) is 6.01. The van der Waals surface area contributed by atoms with Crippen molar-refractivity contribution in [2.24, 2.45) is 0 Å². The maximum absolute atomic E-state index is 12.5. The van der Waals surface area contributed by atoms with Crippen molar-refractivity contribution < 1.29 is 32.2 Å². The van der Waals surface area contributed by atoms with Crippen molar-refractivity contribution in [2.75, 3.05) is 5.32 Å². The number of benzene rings is 1. The normalized spacial score (nSPS) is 12.2. The Labute approximate surface area is 178 Å². The number of hydrogen-bond acceptors (Lipinski definition) is 7. The van der Waals surface area contributed by atoms with Crippen molar-refractivity contribution in [3.63, 3.8) is 0 Å². The van der Waals surface area contributed by atoms with Crippen LogP contribution in [-0.4, -0.2) is 34.3 Å². The second-order valence-electron chi connectivity index (χ2n) is 6.26. The van der Waals surface area contributed by atoms with E-state index in [-0.39, 0.29) is 10.6 Å². The van der Waals surface area contributed by atoms with E-state index >= 15 is 0 Å². The zero-order valence-corrected chi connectivity index (χ0v) is 17.1. The number of esters is 1. The highest BCUT2D eigenvalue weighted by Gasteiger charge is 2.31. The molecule has 0 aliphatic heterocycles. The smallest absolute Gasteiger partial charge is 0.448 e. The van der Waals surface area contributed by atoms with E-state index < -0.39 is 30.1 Å². The number of halogens is 3. The number of alkyl halides is 3. The minimum absolute atomic E-state index is 0.217. The topological polar surface area (TPSA) is 90.4 Å². The number of anilines is 1. The van der Waals surface area contributed by atoms with Crippen LogP contribution >= 0.6 is 11.3 Å². The number of nitrogens with one attached hydrogen (secondary N) is 1. The van der Waals surface area contributed by atoms with Crippen LogP contribution in [0, 0.1) is 6.92 Å². The van der Waals surface area contributed by atoms with E-state index in [0.29, 0.717) is 16.4 Å². The Hall–Kier alpha value is -3.47. The highest BCUT2D eigenvalue weighted by atomic mass is 32.1. The predicted octanol–water partition coefficient (Wildman–Crippen LogP) is 4.60. The van der Waals surface area contributed by atoms with Crippen LogP contribution in [0.2, 0.25) is 0 Å². The van der Waals surface area contributed by atoms with Gasteiger partial charge in [0.2, 0.25) is 0 Å². The number of amides is 1. The summed E-state index contributed by atoms with van der Waals surface area (Å²) in [5, 5.41) is 3.00. The van der Waals surface area contributed by atoms with Crippen LogP contribution in [0.25, 0.3) is 10.7 Å². The molecule has 0 fully saturated rings. The molecule has 1 N–H and O–H groups in total. The molecular weight excluding hydrogens is 435 g/mol. The molecule has 0 saturated carbocycles. The molecule has 0 aliphatic rings. The van der Waals surface area contributed by atoms with E-state index in [0.717, 1.165) is 23.5 Å². The summed E-state index contributed by atoms with van der Waals surface area (Å²) in [5.41, 5.74) is 1.27. The summed E-state index contributed by atoms with van der Waals surface area (Å²) < 4.78 is 45.6. The van der Waals surface area contributed by atoms with Gasteiger partial charge in [-0.2, -0.15) is 0 Å². The number of aryl methyl sites for hydroxylation is 1. The second-order valence-corrected chi connectivity index (χ2v) is 7.26. The summed E-state index contributed by atoms with van der Waals surface area (Å²) in [5.74, 6) is -1.78. The molecule has 0 aliphatic carbocycles. The molecule has 1 amide bonds. The van der Waals surface area contributed by atoms with E-state index in [1.165, 1.54) is 19.1 Å². The van der Waals surface area contributed by atoms with Gasteiger partial charge in [0.25, 0.3) is 5.91 Å². The molecular formula is C20H16F3N3O4S. The number of rotatable bonds is 6. The van der Waals surface area contributed by atoms with E-state index in [9.17, 15) is 22.8 Å². The Kier molecular flexibility index (Phi) is 6.54. The molecule has 0 radical (unpaired) electrons. The molecule has 0 spiro atoms. The third-order valence-corrected chi connectivity index (χ3v) is 5.03. The lowest BCUT2D eigenvalue weighted by atomic mass is 10.3. The van der Waals surface area contributed by atoms with Gasteiger partial charge in [0.05, 0.1) is 11.4 Å². The highest BCUT2D eigenvalue weighted by molar-refractivity contribution is 7.17. The molecule has 3 aromatic rings. The second kappa shape index (κ2) is 9.13. The molecule has 1 aromatic carbocycles. The first-order valence-electron chi connectivity index (χ1n) is 8.89. The van der Waals surface area contributed by atoms with Gasteiger partial charge < -0.3 is 14.8 Å². The molecule has 0 saturated heterocycles. The molecule has 3 rings (SSSR count). The van der Waals surface area contributed by atoms with Crippen LogP contribution in [0.1, 0.15) is 22.3 Å². The number of aromatic nitrogens is 2. The number of pyridine rings is 1. The zero-order chi connectivity index (χ0) is 22.6. The number of carbonyl (C=O) groups is 2. The van der Waals surface area contributed by atoms with E-state index in [1.54, 1.807) is 31.3 Å². The molecule has 1 atom stereocenters. The Bertz CT molecular complexity index is 1070. The maximum Gasteiger partial charge on any atom is 0.573 e. The van der Waals surface area contributed by atoms with Gasteiger partial charge in [-0.15, -0.1) is 24.5 Å². The largest absolute Gasteiger partial charge is 0.573 e. The van der Waals surface area contributed by atoms with Crippen LogP contribution in [0.15, 0.2) is 48.7 Å². The molecule has 31 heavy (non-hydrogen) atoms. The van der Waals surface area contributed by atoms with E-state index in [1.807, 2.05) is 0 Å². The molecule has 2 aromatic heterocycles. The lowest BCUT2D eigenvalue weighted by Crippen LogP contribution is -2.30. The molecule has 0 bridgehead atoms. The van der Waals surface area contributed by atoms with Crippen LogP contribution in [0.4, 0.5) is 18.9 Å². The average molecular weight is 451 g/mol. The maximum atomic E-state index is 12.5. The summed E-state index contributed by atoms with van der Waals surface area (Å²) in [4.78, 5) is 33.5. The van der Waals surface area contributed by atoms with Gasteiger partial charge in [-0.25, -0.2) is 9.78 Å². The van der Waals surface area contributed by atoms with Crippen molar-refractivity contribution >= 4 is 28.9 Å². The number of carbonyl (C=O) groups excluding carboxylic acids is 2. The summed E-state index contributed by atoms with van der Waals surface area (Å²) in [6, 6.07) is 9.90. The van der Waals surface area contributed by atoms with Gasteiger partial charge in [0, 0.05) is 11.9 Å². The quantitative estimate of drug-likeness (QED) is 0.551. The van der Waals surface area contributed by atoms with E-state index in [4.69, 9.17) is 4.74 Å². The monoisotopic (exact) mass is 451 g/mol. The van der Waals surface area contributed by atoms with Crippen molar-refractivity contribution in [1.82, 2.24) is 9.97 Å². The Balaban J connectivity index is 1.61. The molecule has 1 unspecified atom stereocenters. The zero-order valence-electron chi connectivity index (χ0n) is 16.3. The first-order valence-corrected chi connectivity index (χ1v) is 9.70. The summed E-state index contributed by atoms with van der Waals surface area (Å²) in [7, 11) is 0. The standard InChI is InChI=1S/C20H16F3N3O4S/c1-11-16(31-18(25-11)15-5-3-4-10-24-15)19(28)29-12(2)17(27)26-13-6-8-14(9-7-13)30-20(21,22)23/h3-10,12H,1-2H3,(H,26,27). The van der Waals surface area contributed by atoms with Crippen molar-refractivity contribution in [2.45, 2.75) is 26.3 Å². The predicted molar refractivity (Wildman–Crippen MR) is 107 cm³/mol. The van der Waals surface area contributed by atoms with Gasteiger partial charge in [-0.3, -0.25) is 9.78 Å². The van der Waals surface area contributed by atoms with Gasteiger partial charge in [-0.05, 0) is 50.2 Å². The summed E-state index contributed by atoms with van der Waals surface area (Å²) in [6.45, 7) is 3.03. The Morgan fingerprint density at radius 2 is 1.84 bits per heavy atom. The van der Waals surface area contributed by atoms with Crippen molar-refractivity contribution in [3.05, 3.63) is 59.2 Å². The number of hydrogen-bond donors (Lipinski definition) is 1. The minimum Gasteiger partial charge on any atom is -0.448 e. The molecule has 11 heteroatoms. The van der Waals surface area contributed by atoms with Crippen LogP contribution in [0.5, 0.6) is 5.75 Å².